The fourth-order valence-corrected chi connectivity index (χ4v) is 3.30. The van der Waals surface area contributed by atoms with Gasteiger partial charge in [-0.15, -0.1) is 0 Å². The molecule has 1 atom stereocenters. The first-order valence-corrected chi connectivity index (χ1v) is 11.3. The third-order valence-electron chi connectivity index (χ3n) is 4.38. The third kappa shape index (κ3) is 6.39. The van der Waals surface area contributed by atoms with Crippen molar-refractivity contribution >= 4 is 43.3 Å². The molecule has 0 aliphatic rings. The highest BCUT2D eigenvalue weighted by molar-refractivity contribution is 7.85. The standard InChI is InChI=1S/C19H22N4O4.CH4O3S/c1-11(10-22(2)3)20-15-7-8-16(23(25)26)18-17(15)19(24)13-9-12(27-4)5-6-14(13)21-18;1-5(2,3)4/h5-9,11,20H,10H2,1-4H3,(H,21,24);1H3,(H,2,3,4). The number of nitrogens with zero attached hydrogens (tertiary/aromatic N) is 2. The number of hydrogen-bond donors (Lipinski definition) is 3. The summed E-state index contributed by atoms with van der Waals surface area (Å²) in [5.74, 6) is 0.549. The van der Waals surface area contributed by atoms with Gasteiger partial charge in [0.1, 0.15) is 11.3 Å². The van der Waals surface area contributed by atoms with Crippen molar-refractivity contribution in [2.75, 3.05) is 39.3 Å². The van der Waals surface area contributed by atoms with E-state index in [9.17, 15) is 23.3 Å². The van der Waals surface area contributed by atoms with Crippen molar-refractivity contribution < 1.29 is 22.6 Å². The van der Waals surface area contributed by atoms with Crippen LogP contribution in [0.15, 0.2) is 35.1 Å². The summed E-state index contributed by atoms with van der Waals surface area (Å²) in [6.07, 6.45) is 0.715. The largest absolute Gasteiger partial charge is 0.497 e. The van der Waals surface area contributed by atoms with Crippen LogP contribution in [0.3, 0.4) is 0 Å². The number of non-ortho nitro benzene ring substituents is 1. The lowest BCUT2D eigenvalue weighted by Crippen LogP contribution is -2.30. The lowest BCUT2D eigenvalue weighted by Gasteiger charge is -2.20. The van der Waals surface area contributed by atoms with E-state index < -0.39 is 15.0 Å². The molecule has 0 spiro atoms. The highest BCUT2D eigenvalue weighted by Gasteiger charge is 2.20. The predicted molar refractivity (Wildman–Crippen MR) is 124 cm³/mol. The number of aromatic nitrogens is 1. The Hall–Kier alpha value is -3.22. The van der Waals surface area contributed by atoms with Gasteiger partial charge in [-0.3, -0.25) is 19.5 Å². The summed E-state index contributed by atoms with van der Waals surface area (Å²) in [7, 11) is 1.77. The summed E-state index contributed by atoms with van der Waals surface area (Å²) in [5.41, 5.74) is 0.891. The Morgan fingerprint density at radius 1 is 1.28 bits per heavy atom. The van der Waals surface area contributed by atoms with Crippen LogP contribution in [0, 0.1) is 10.1 Å². The van der Waals surface area contributed by atoms with E-state index in [0.717, 1.165) is 6.54 Å². The van der Waals surface area contributed by atoms with Crippen LogP contribution in [-0.4, -0.2) is 67.8 Å². The van der Waals surface area contributed by atoms with Gasteiger partial charge in [0.15, 0.2) is 5.43 Å². The Morgan fingerprint density at radius 2 is 1.91 bits per heavy atom. The molecule has 32 heavy (non-hydrogen) atoms. The number of benzene rings is 2. The zero-order valence-electron chi connectivity index (χ0n) is 18.4. The SMILES string of the molecule is COc1ccc2[nH]c3c([N+](=O)[O-])ccc(NC(C)CN(C)C)c3c(=O)c2c1.CS(=O)(=O)O. The molecule has 3 N–H and O–H groups in total. The maximum Gasteiger partial charge on any atom is 0.293 e. The molecule has 1 heterocycles. The summed E-state index contributed by atoms with van der Waals surface area (Å²) in [6, 6.07) is 8.08. The van der Waals surface area contributed by atoms with E-state index in [1.165, 1.54) is 13.2 Å². The van der Waals surface area contributed by atoms with Crippen molar-refractivity contribution in [2.45, 2.75) is 13.0 Å². The molecule has 3 rings (SSSR count). The van der Waals surface area contributed by atoms with E-state index in [1.54, 1.807) is 24.3 Å². The van der Waals surface area contributed by atoms with Gasteiger partial charge in [-0.2, -0.15) is 8.42 Å². The van der Waals surface area contributed by atoms with E-state index in [2.05, 4.69) is 10.3 Å². The fraction of sp³-hybridized carbons (Fsp3) is 0.350. The van der Waals surface area contributed by atoms with Gasteiger partial charge in [0.05, 0.1) is 29.2 Å². The number of methoxy groups -OCH3 is 1. The molecule has 3 aromatic rings. The molecule has 0 amide bonds. The number of nitro groups is 1. The Morgan fingerprint density at radius 3 is 2.44 bits per heavy atom. The van der Waals surface area contributed by atoms with E-state index in [0.29, 0.717) is 28.6 Å². The van der Waals surface area contributed by atoms with Crippen LogP contribution >= 0.6 is 0 Å². The molecule has 0 aliphatic carbocycles. The van der Waals surface area contributed by atoms with Crippen molar-refractivity contribution in [3.63, 3.8) is 0 Å². The second-order valence-electron chi connectivity index (χ2n) is 7.55. The Bertz CT molecular complexity index is 1290. The Balaban J connectivity index is 0.000000654. The number of rotatable bonds is 6. The van der Waals surface area contributed by atoms with Crippen LogP contribution in [0.25, 0.3) is 21.8 Å². The number of H-pyrrole nitrogens is 1. The van der Waals surface area contributed by atoms with Crippen LogP contribution in [0.5, 0.6) is 5.75 Å². The summed E-state index contributed by atoms with van der Waals surface area (Å²) in [6.45, 7) is 2.74. The minimum Gasteiger partial charge on any atom is -0.497 e. The quantitative estimate of drug-likeness (QED) is 0.215. The van der Waals surface area contributed by atoms with Gasteiger partial charge in [-0.05, 0) is 45.3 Å². The molecule has 174 valence electrons. The van der Waals surface area contributed by atoms with Crippen LogP contribution < -0.4 is 15.5 Å². The average Bonchev–Trinajstić information content (AvgIpc) is 2.65. The van der Waals surface area contributed by atoms with Gasteiger partial charge in [0.2, 0.25) is 0 Å². The predicted octanol–water partition coefficient (Wildman–Crippen LogP) is 2.46. The molecule has 0 aliphatic heterocycles. The maximum atomic E-state index is 13.2. The molecule has 0 bridgehead atoms. The van der Waals surface area contributed by atoms with Crippen molar-refractivity contribution in [1.29, 1.82) is 0 Å². The zero-order valence-corrected chi connectivity index (χ0v) is 19.2. The van der Waals surface area contributed by atoms with E-state index >= 15 is 0 Å². The van der Waals surface area contributed by atoms with Crippen LogP contribution in [0.4, 0.5) is 11.4 Å². The second-order valence-corrected chi connectivity index (χ2v) is 9.01. The first kappa shape index (κ1) is 25.0. The maximum absolute atomic E-state index is 13.2. The zero-order chi connectivity index (χ0) is 24.2. The average molecular weight is 467 g/mol. The monoisotopic (exact) mass is 466 g/mol. The van der Waals surface area contributed by atoms with E-state index in [-0.39, 0.29) is 28.1 Å². The van der Waals surface area contributed by atoms with Crippen LogP contribution in [-0.2, 0) is 10.1 Å². The molecular weight excluding hydrogens is 440 g/mol. The number of pyridine rings is 1. The molecular formula is C20H26N4O7S. The Labute approximate surface area is 184 Å². The Kier molecular flexibility index (Phi) is 7.78. The normalized spacial score (nSPS) is 12.3. The van der Waals surface area contributed by atoms with Gasteiger partial charge in [-0.25, -0.2) is 0 Å². The molecule has 1 aromatic heterocycles. The van der Waals surface area contributed by atoms with Crippen molar-refractivity contribution in [3.8, 4) is 5.75 Å². The molecule has 12 heteroatoms. The van der Waals surface area contributed by atoms with Crippen LogP contribution in [0.2, 0.25) is 0 Å². The van der Waals surface area contributed by atoms with Gasteiger partial charge >= 0.3 is 0 Å². The number of nitrogens with one attached hydrogen (secondary N) is 2. The first-order chi connectivity index (χ1) is 14.8. The molecule has 11 nitrogen and oxygen atoms in total. The number of aromatic amines is 1. The number of hydrogen-bond acceptors (Lipinski definition) is 8. The molecule has 2 aromatic carbocycles. The summed E-state index contributed by atoms with van der Waals surface area (Å²) in [4.78, 5) is 29.3. The van der Waals surface area contributed by atoms with Crippen molar-refractivity contribution in [2.24, 2.45) is 0 Å². The number of likely N-dealkylation sites (N-methyl/N-ethyl adjacent to an activating group) is 1. The smallest absolute Gasteiger partial charge is 0.293 e. The lowest BCUT2D eigenvalue weighted by atomic mass is 10.1. The molecule has 0 radical (unpaired) electrons. The lowest BCUT2D eigenvalue weighted by molar-refractivity contribution is -0.383. The topological polar surface area (TPSA) is 155 Å². The number of ether oxygens (including phenoxy) is 1. The number of fused-ring (bicyclic) bond motifs is 2. The highest BCUT2D eigenvalue weighted by Crippen LogP contribution is 2.31. The van der Waals surface area contributed by atoms with Gasteiger partial charge in [-0.1, -0.05) is 0 Å². The minimum atomic E-state index is -3.67. The summed E-state index contributed by atoms with van der Waals surface area (Å²) in [5, 5.41) is 15.5. The summed E-state index contributed by atoms with van der Waals surface area (Å²) >= 11 is 0. The number of nitro benzene ring substituents is 1. The second kappa shape index (κ2) is 9.94. The van der Waals surface area contributed by atoms with Crippen molar-refractivity contribution in [1.82, 2.24) is 9.88 Å². The molecule has 1 unspecified atom stereocenters. The van der Waals surface area contributed by atoms with Gasteiger partial charge < -0.3 is 19.9 Å². The van der Waals surface area contributed by atoms with Crippen LogP contribution in [0.1, 0.15) is 6.92 Å². The van der Waals surface area contributed by atoms with Crippen molar-refractivity contribution in [3.05, 3.63) is 50.7 Å². The highest BCUT2D eigenvalue weighted by atomic mass is 32.2. The minimum absolute atomic E-state index is 0.0464. The molecule has 0 saturated heterocycles. The fourth-order valence-electron chi connectivity index (χ4n) is 3.30. The molecule has 0 fully saturated rings. The number of anilines is 1. The third-order valence-corrected chi connectivity index (χ3v) is 4.38. The molecule has 0 saturated carbocycles. The van der Waals surface area contributed by atoms with Gasteiger partial charge in [0.25, 0.3) is 15.8 Å². The summed E-state index contributed by atoms with van der Waals surface area (Å²) < 4.78 is 31.1. The first-order valence-electron chi connectivity index (χ1n) is 9.46. The van der Waals surface area contributed by atoms with E-state index in [1.807, 2.05) is 25.9 Å². The van der Waals surface area contributed by atoms with Gasteiger partial charge in [0, 0.05) is 29.7 Å². The van der Waals surface area contributed by atoms with E-state index in [4.69, 9.17) is 9.29 Å².